The molecular weight excluding hydrogens is 396 g/mol. The minimum atomic E-state index is -1.14. The van der Waals surface area contributed by atoms with Crippen molar-refractivity contribution in [3.63, 3.8) is 0 Å². The highest BCUT2D eigenvalue weighted by Crippen LogP contribution is 2.26. The first-order valence-corrected chi connectivity index (χ1v) is 10.1. The van der Waals surface area contributed by atoms with Crippen molar-refractivity contribution < 1.29 is 19.1 Å². The van der Waals surface area contributed by atoms with Crippen LogP contribution in [0.25, 0.3) is 10.9 Å². The van der Waals surface area contributed by atoms with E-state index in [4.69, 9.17) is 10.5 Å². The summed E-state index contributed by atoms with van der Waals surface area (Å²) in [6.07, 6.45) is 0.147. The maximum Gasteiger partial charge on any atom is 0.308 e. The van der Waals surface area contributed by atoms with Gasteiger partial charge < -0.3 is 20.8 Å². The third kappa shape index (κ3) is 4.75. The number of nitrogens with two attached hydrogens (primary N) is 1. The number of esters is 1. The van der Waals surface area contributed by atoms with Gasteiger partial charge in [-0.25, -0.2) is 0 Å². The zero-order chi connectivity index (χ0) is 21.8. The number of para-hydroxylation sites is 1. The Bertz CT molecular complexity index is 1110. The summed E-state index contributed by atoms with van der Waals surface area (Å²) in [5.41, 5.74) is 9.39. The molecule has 4 rings (SSSR count). The number of rotatable bonds is 7. The Morgan fingerprint density at radius 3 is 2.61 bits per heavy atom. The summed E-state index contributed by atoms with van der Waals surface area (Å²) in [7, 11) is 0. The summed E-state index contributed by atoms with van der Waals surface area (Å²) in [4.78, 5) is 40.2. The van der Waals surface area contributed by atoms with Gasteiger partial charge in [-0.15, -0.1) is 0 Å². The average Bonchev–Trinajstić information content (AvgIpc) is 3.15. The van der Waals surface area contributed by atoms with E-state index < -0.39 is 24.0 Å². The second-order valence-corrected chi connectivity index (χ2v) is 7.58. The normalized spacial score (nSPS) is 16.3. The molecule has 1 aliphatic heterocycles. The zero-order valence-corrected chi connectivity index (χ0v) is 16.9. The molecule has 160 valence electrons. The summed E-state index contributed by atoms with van der Waals surface area (Å²) in [5, 5.41) is 6.84. The molecule has 1 aliphatic rings. The largest absolute Gasteiger partial charge is 0.461 e. The molecule has 1 aromatic heterocycles. The summed E-state index contributed by atoms with van der Waals surface area (Å²) >= 11 is 0. The van der Waals surface area contributed by atoms with E-state index >= 15 is 0 Å². The van der Waals surface area contributed by atoms with Crippen LogP contribution >= 0.6 is 0 Å². The van der Waals surface area contributed by atoms with Gasteiger partial charge in [-0.2, -0.15) is 0 Å². The SMILES string of the molecule is NC(=O)[C@H](CC(=O)OCc1ccccc1)NC(=O)[C@H]1Cc2c([nH]c3ccccc23)CN1. The fourth-order valence-electron chi connectivity index (χ4n) is 3.79. The van der Waals surface area contributed by atoms with Gasteiger partial charge in [0.2, 0.25) is 11.8 Å². The van der Waals surface area contributed by atoms with Gasteiger partial charge in [-0.3, -0.25) is 19.7 Å². The number of primary amides is 1. The molecule has 0 fully saturated rings. The minimum absolute atomic E-state index is 0.0899. The predicted molar refractivity (Wildman–Crippen MR) is 115 cm³/mol. The summed E-state index contributed by atoms with van der Waals surface area (Å²) in [6.45, 7) is 0.592. The van der Waals surface area contributed by atoms with Gasteiger partial charge in [-0.1, -0.05) is 48.5 Å². The van der Waals surface area contributed by atoms with E-state index in [9.17, 15) is 14.4 Å². The van der Waals surface area contributed by atoms with Gasteiger partial charge in [0.1, 0.15) is 12.6 Å². The highest BCUT2D eigenvalue weighted by atomic mass is 16.5. The molecule has 3 aromatic rings. The lowest BCUT2D eigenvalue weighted by Crippen LogP contribution is -2.54. The molecule has 0 saturated carbocycles. The smallest absolute Gasteiger partial charge is 0.308 e. The van der Waals surface area contributed by atoms with E-state index in [0.29, 0.717) is 13.0 Å². The van der Waals surface area contributed by atoms with Gasteiger partial charge in [0, 0.05) is 23.1 Å². The van der Waals surface area contributed by atoms with Crippen LogP contribution in [0.4, 0.5) is 0 Å². The summed E-state index contributed by atoms with van der Waals surface area (Å²) < 4.78 is 5.20. The number of aromatic amines is 1. The summed E-state index contributed by atoms with van der Waals surface area (Å²) in [5.74, 6) is -1.77. The Morgan fingerprint density at radius 1 is 1.10 bits per heavy atom. The maximum atomic E-state index is 12.8. The molecule has 2 aromatic carbocycles. The van der Waals surface area contributed by atoms with Crippen LogP contribution in [0.15, 0.2) is 54.6 Å². The van der Waals surface area contributed by atoms with Crippen molar-refractivity contribution in [2.24, 2.45) is 5.73 Å². The standard InChI is InChI=1S/C23H24N4O4/c24-22(29)18(11-21(28)31-13-14-6-2-1-3-7-14)27-23(30)19-10-16-15-8-4-5-9-17(15)26-20(16)12-25-19/h1-9,18-19,25-26H,10-13H2,(H2,24,29)(H,27,30)/t18-,19+/m0/s1. The number of hydrogen-bond donors (Lipinski definition) is 4. The van der Waals surface area contributed by atoms with Crippen LogP contribution in [0.1, 0.15) is 23.2 Å². The molecular formula is C23H24N4O4. The highest BCUT2D eigenvalue weighted by molar-refractivity contribution is 5.93. The first kappa shape index (κ1) is 20.6. The maximum absolute atomic E-state index is 12.8. The van der Waals surface area contributed by atoms with E-state index in [1.807, 2.05) is 54.6 Å². The Hall–Kier alpha value is -3.65. The number of H-pyrrole nitrogens is 1. The molecule has 8 heteroatoms. The Labute approximate surface area is 179 Å². The quantitative estimate of drug-likeness (QED) is 0.429. The van der Waals surface area contributed by atoms with Crippen molar-refractivity contribution in [1.29, 1.82) is 0 Å². The van der Waals surface area contributed by atoms with Crippen molar-refractivity contribution in [2.75, 3.05) is 0 Å². The molecule has 2 amide bonds. The third-order valence-electron chi connectivity index (χ3n) is 5.43. The molecule has 0 spiro atoms. The van der Waals surface area contributed by atoms with E-state index in [-0.39, 0.29) is 18.9 Å². The Balaban J connectivity index is 1.36. The molecule has 0 aliphatic carbocycles. The van der Waals surface area contributed by atoms with Crippen molar-refractivity contribution in [3.8, 4) is 0 Å². The third-order valence-corrected chi connectivity index (χ3v) is 5.43. The lowest BCUT2D eigenvalue weighted by molar-refractivity contribution is -0.147. The zero-order valence-electron chi connectivity index (χ0n) is 16.9. The first-order valence-electron chi connectivity index (χ1n) is 10.1. The fourth-order valence-corrected chi connectivity index (χ4v) is 3.79. The molecule has 2 atom stereocenters. The molecule has 0 bridgehead atoms. The van der Waals surface area contributed by atoms with Crippen molar-refractivity contribution in [3.05, 3.63) is 71.4 Å². The van der Waals surface area contributed by atoms with Crippen molar-refractivity contribution >= 4 is 28.7 Å². The number of fused-ring (bicyclic) bond motifs is 3. The molecule has 0 radical (unpaired) electrons. The van der Waals surface area contributed by atoms with Crippen LogP contribution in [-0.4, -0.2) is 34.9 Å². The van der Waals surface area contributed by atoms with Gasteiger partial charge in [0.05, 0.1) is 12.5 Å². The summed E-state index contributed by atoms with van der Waals surface area (Å²) in [6, 6.07) is 15.4. The Morgan fingerprint density at radius 2 is 1.84 bits per heavy atom. The molecule has 0 saturated heterocycles. The van der Waals surface area contributed by atoms with Crippen LogP contribution < -0.4 is 16.4 Å². The topological polar surface area (TPSA) is 126 Å². The van der Waals surface area contributed by atoms with Gasteiger partial charge in [-0.05, 0) is 23.6 Å². The second-order valence-electron chi connectivity index (χ2n) is 7.58. The predicted octanol–water partition coefficient (Wildman–Crippen LogP) is 1.29. The Kier molecular flexibility index (Phi) is 5.99. The number of aromatic nitrogens is 1. The van der Waals surface area contributed by atoms with Crippen LogP contribution in [0.2, 0.25) is 0 Å². The van der Waals surface area contributed by atoms with Crippen molar-refractivity contribution in [1.82, 2.24) is 15.6 Å². The number of nitrogens with one attached hydrogen (secondary N) is 3. The van der Waals surface area contributed by atoms with E-state index in [1.54, 1.807) is 0 Å². The second kappa shape index (κ2) is 9.01. The fraction of sp³-hybridized carbons (Fsp3) is 0.261. The van der Waals surface area contributed by atoms with Gasteiger partial charge in [0.25, 0.3) is 0 Å². The first-order chi connectivity index (χ1) is 15.0. The molecule has 5 N–H and O–H groups in total. The number of carbonyl (C=O) groups excluding carboxylic acids is 3. The highest BCUT2D eigenvalue weighted by Gasteiger charge is 2.30. The van der Waals surface area contributed by atoms with E-state index in [2.05, 4.69) is 15.6 Å². The number of amides is 2. The monoisotopic (exact) mass is 420 g/mol. The molecule has 0 unspecified atom stereocenters. The van der Waals surface area contributed by atoms with Crippen LogP contribution in [-0.2, 0) is 38.7 Å². The minimum Gasteiger partial charge on any atom is -0.461 e. The number of benzene rings is 2. The average molecular weight is 420 g/mol. The molecule has 8 nitrogen and oxygen atoms in total. The number of carbonyl (C=O) groups is 3. The lowest BCUT2D eigenvalue weighted by Gasteiger charge is -2.25. The van der Waals surface area contributed by atoms with E-state index in [1.165, 1.54) is 0 Å². The number of ether oxygens (including phenoxy) is 1. The lowest BCUT2D eigenvalue weighted by atomic mass is 9.97. The molecule has 31 heavy (non-hydrogen) atoms. The van der Waals surface area contributed by atoms with Crippen LogP contribution in [0, 0.1) is 0 Å². The van der Waals surface area contributed by atoms with Crippen molar-refractivity contribution in [2.45, 2.75) is 38.1 Å². The van der Waals surface area contributed by atoms with Gasteiger partial charge >= 0.3 is 5.97 Å². The van der Waals surface area contributed by atoms with E-state index in [0.717, 1.165) is 27.7 Å². The molecule has 2 heterocycles. The van der Waals surface area contributed by atoms with Crippen LogP contribution in [0.3, 0.4) is 0 Å². The van der Waals surface area contributed by atoms with Crippen LogP contribution in [0.5, 0.6) is 0 Å². The number of hydrogen-bond acceptors (Lipinski definition) is 5. The van der Waals surface area contributed by atoms with Gasteiger partial charge in [0.15, 0.2) is 0 Å².